The average Bonchev–Trinajstić information content (AvgIpc) is 3.04. The summed E-state index contributed by atoms with van der Waals surface area (Å²) in [5, 5.41) is 13.9. The first-order valence-electron chi connectivity index (χ1n) is 7.98. The smallest absolute Gasteiger partial charge is 0.151 e. The lowest BCUT2D eigenvalue weighted by Crippen LogP contribution is -2.13. The molecule has 2 N–H and O–H groups in total. The van der Waals surface area contributed by atoms with Crippen LogP contribution >= 0.6 is 22.9 Å². The highest BCUT2D eigenvalue weighted by molar-refractivity contribution is 7.22. The van der Waals surface area contributed by atoms with Gasteiger partial charge in [-0.1, -0.05) is 30.7 Å². The zero-order valence-electron chi connectivity index (χ0n) is 13.5. The summed E-state index contributed by atoms with van der Waals surface area (Å²) in [7, 11) is 0. The van der Waals surface area contributed by atoms with Crippen LogP contribution in [-0.2, 0) is 0 Å². The number of rotatable bonds is 3. The van der Waals surface area contributed by atoms with Gasteiger partial charge in [0, 0.05) is 15.6 Å². The van der Waals surface area contributed by atoms with Gasteiger partial charge in [0.1, 0.15) is 12.1 Å². The van der Waals surface area contributed by atoms with Crippen molar-refractivity contribution in [1.82, 2.24) is 9.97 Å². The molecule has 0 bridgehead atoms. The summed E-state index contributed by atoms with van der Waals surface area (Å²) in [6.07, 6.45) is 5.96. The Kier molecular flexibility index (Phi) is 4.19. The molecular formula is C19H16ClN3OS. The molecule has 4 rings (SSSR count). The molecule has 1 unspecified atom stereocenters. The van der Waals surface area contributed by atoms with E-state index in [0.29, 0.717) is 11.7 Å². The van der Waals surface area contributed by atoms with Crippen LogP contribution in [0.1, 0.15) is 13.3 Å². The van der Waals surface area contributed by atoms with E-state index in [0.717, 1.165) is 43.6 Å². The molecule has 3 aromatic rings. The number of nitrogens with one attached hydrogen (secondary N) is 1. The molecule has 0 radical (unpaired) electrons. The summed E-state index contributed by atoms with van der Waals surface area (Å²) in [5.74, 6) is 1.36. The van der Waals surface area contributed by atoms with E-state index in [9.17, 15) is 5.11 Å². The number of benzene rings is 1. The normalized spacial score (nSPS) is 17.3. The lowest BCUT2D eigenvalue weighted by atomic mass is 9.98. The molecule has 0 saturated carbocycles. The number of hydrogen-bond donors (Lipinski definition) is 2. The number of thiophene rings is 1. The van der Waals surface area contributed by atoms with Crippen molar-refractivity contribution in [3.63, 3.8) is 0 Å². The van der Waals surface area contributed by atoms with Crippen LogP contribution in [0.4, 0.5) is 5.82 Å². The molecule has 2 aromatic heterocycles. The number of aromatic nitrogens is 2. The van der Waals surface area contributed by atoms with Gasteiger partial charge >= 0.3 is 0 Å². The summed E-state index contributed by atoms with van der Waals surface area (Å²) in [6, 6.07) is 9.84. The molecule has 0 fully saturated rings. The van der Waals surface area contributed by atoms with Gasteiger partial charge in [-0.15, -0.1) is 11.3 Å². The Bertz CT molecular complexity index is 992. The predicted octanol–water partition coefficient (Wildman–Crippen LogP) is 5.79. The van der Waals surface area contributed by atoms with Crippen molar-refractivity contribution < 1.29 is 5.11 Å². The number of allylic oxidation sites excluding steroid dienone is 3. The molecule has 1 aromatic carbocycles. The number of anilines is 1. The molecular weight excluding hydrogens is 354 g/mol. The van der Waals surface area contributed by atoms with Crippen molar-refractivity contribution in [3.05, 3.63) is 65.3 Å². The molecule has 2 heterocycles. The van der Waals surface area contributed by atoms with Gasteiger partial charge in [0.2, 0.25) is 0 Å². The van der Waals surface area contributed by atoms with E-state index in [4.69, 9.17) is 11.6 Å². The van der Waals surface area contributed by atoms with Crippen molar-refractivity contribution in [3.8, 4) is 10.4 Å². The Labute approximate surface area is 154 Å². The molecule has 0 spiro atoms. The van der Waals surface area contributed by atoms with Crippen molar-refractivity contribution >= 4 is 39.0 Å². The fourth-order valence-corrected chi connectivity index (χ4v) is 3.97. The molecule has 6 heteroatoms. The van der Waals surface area contributed by atoms with Crippen molar-refractivity contribution in [2.45, 2.75) is 13.3 Å². The minimum Gasteiger partial charge on any atom is -0.508 e. The fourth-order valence-electron chi connectivity index (χ4n) is 2.78. The van der Waals surface area contributed by atoms with E-state index in [1.165, 1.54) is 0 Å². The third kappa shape index (κ3) is 3.25. The monoisotopic (exact) mass is 369 g/mol. The first-order chi connectivity index (χ1) is 12.1. The summed E-state index contributed by atoms with van der Waals surface area (Å²) in [5.41, 5.74) is 2.96. The summed E-state index contributed by atoms with van der Waals surface area (Å²) in [4.78, 5) is 9.91. The molecule has 4 nitrogen and oxygen atoms in total. The van der Waals surface area contributed by atoms with E-state index in [1.54, 1.807) is 23.7 Å². The largest absolute Gasteiger partial charge is 0.508 e. The Balaban J connectivity index is 1.73. The van der Waals surface area contributed by atoms with Crippen molar-refractivity contribution in [2.75, 3.05) is 5.32 Å². The molecule has 0 aliphatic heterocycles. The van der Waals surface area contributed by atoms with Gasteiger partial charge in [0.25, 0.3) is 0 Å². The molecule has 1 aliphatic rings. The van der Waals surface area contributed by atoms with Gasteiger partial charge < -0.3 is 10.4 Å². The van der Waals surface area contributed by atoms with Crippen molar-refractivity contribution in [1.29, 1.82) is 0 Å². The zero-order chi connectivity index (χ0) is 17.4. The number of aliphatic hydroxyl groups is 1. The third-order valence-electron chi connectivity index (χ3n) is 4.22. The molecule has 0 amide bonds. The van der Waals surface area contributed by atoms with E-state index >= 15 is 0 Å². The molecule has 1 atom stereocenters. The summed E-state index contributed by atoms with van der Waals surface area (Å²) < 4.78 is 0.995. The van der Waals surface area contributed by atoms with E-state index < -0.39 is 0 Å². The number of aliphatic hydroxyl groups excluding tert-OH is 1. The van der Waals surface area contributed by atoms with Gasteiger partial charge in [0.15, 0.2) is 5.82 Å². The summed E-state index contributed by atoms with van der Waals surface area (Å²) in [6.45, 7) is 2.12. The van der Waals surface area contributed by atoms with Gasteiger partial charge in [0.05, 0.1) is 10.2 Å². The highest BCUT2D eigenvalue weighted by atomic mass is 35.5. The minimum atomic E-state index is 0.291. The lowest BCUT2D eigenvalue weighted by Gasteiger charge is -2.19. The molecule has 0 saturated heterocycles. The second kappa shape index (κ2) is 6.50. The molecule has 1 aliphatic carbocycles. The Morgan fingerprint density at radius 3 is 2.84 bits per heavy atom. The maximum absolute atomic E-state index is 9.77. The first kappa shape index (κ1) is 16.1. The molecule has 126 valence electrons. The first-order valence-corrected chi connectivity index (χ1v) is 9.18. The average molecular weight is 370 g/mol. The van der Waals surface area contributed by atoms with E-state index in [-0.39, 0.29) is 0 Å². The second-order valence-electron chi connectivity index (χ2n) is 6.04. The fraction of sp³-hybridized carbons (Fsp3) is 0.158. The Morgan fingerprint density at radius 2 is 2.04 bits per heavy atom. The van der Waals surface area contributed by atoms with Crippen molar-refractivity contribution in [2.24, 2.45) is 5.92 Å². The van der Waals surface area contributed by atoms with Gasteiger partial charge in [-0.3, -0.25) is 0 Å². The van der Waals surface area contributed by atoms with E-state index in [2.05, 4.69) is 28.3 Å². The van der Waals surface area contributed by atoms with Gasteiger partial charge in [-0.25, -0.2) is 9.97 Å². The second-order valence-corrected chi connectivity index (χ2v) is 7.53. The highest BCUT2D eigenvalue weighted by Crippen LogP contribution is 2.37. The standard InChI is InChI=1S/C19H16ClN3OS/c1-11-2-7-14(24)8-15(11)23-19-18-16(21-10-22-19)9-17(25-18)12-3-5-13(20)6-4-12/h3-11,24H,2H2,1H3,(H,21,22,23). The van der Waals surface area contributed by atoms with Crippen LogP contribution in [0.2, 0.25) is 5.02 Å². The van der Waals surface area contributed by atoms with Crippen LogP contribution in [0.15, 0.2) is 60.3 Å². The zero-order valence-corrected chi connectivity index (χ0v) is 15.1. The van der Waals surface area contributed by atoms with Crippen LogP contribution in [0.3, 0.4) is 0 Å². The SMILES string of the molecule is CC1CC=C(O)C=C1Nc1ncnc2cc(-c3ccc(Cl)cc3)sc12. The number of hydrogen-bond acceptors (Lipinski definition) is 5. The molecule has 25 heavy (non-hydrogen) atoms. The number of halogens is 1. The topological polar surface area (TPSA) is 58.0 Å². The van der Waals surface area contributed by atoms with Crippen LogP contribution < -0.4 is 5.32 Å². The maximum atomic E-state index is 9.77. The van der Waals surface area contributed by atoms with Crippen LogP contribution in [0.25, 0.3) is 20.7 Å². The minimum absolute atomic E-state index is 0.291. The lowest BCUT2D eigenvalue weighted by molar-refractivity contribution is 0.420. The predicted molar refractivity (Wildman–Crippen MR) is 104 cm³/mol. The van der Waals surface area contributed by atoms with Gasteiger partial charge in [-0.05, 0) is 48.3 Å². The van der Waals surface area contributed by atoms with Crippen LogP contribution in [-0.4, -0.2) is 15.1 Å². The van der Waals surface area contributed by atoms with E-state index in [1.807, 2.05) is 30.3 Å². The number of fused-ring (bicyclic) bond motifs is 1. The summed E-state index contributed by atoms with van der Waals surface area (Å²) >= 11 is 7.62. The maximum Gasteiger partial charge on any atom is 0.151 e. The quantitative estimate of drug-likeness (QED) is 0.613. The highest BCUT2D eigenvalue weighted by Gasteiger charge is 2.16. The Morgan fingerprint density at radius 1 is 1.24 bits per heavy atom. The third-order valence-corrected chi connectivity index (χ3v) is 5.65. The van der Waals surface area contributed by atoms with Gasteiger partial charge in [-0.2, -0.15) is 0 Å². The van der Waals surface area contributed by atoms with Crippen LogP contribution in [0, 0.1) is 5.92 Å². The Hall–Kier alpha value is -2.37. The number of nitrogens with zero attached hydrogens (tertiary/aromatic N) is 2. The van der Waals surface area contributed by atoms with Crippen LogP contribution in [0.5, 0.6) is 0 Å².